The molecule has 0 amide bonds. The lowest BCUT2D eigenvalue weighted by atomic mass is 10.2. The first kappa shape index (κ1) is 27.2. The molecule has 0 atom stereocenters. The third kappa shape index (κ3) is 6.43. The van der Waals surface area contributed by atoms with Crippen LogP contribution in [0.5, 0.6) is 0 Å². The van der Waals surface area contributed by atoms with Gasteiger partial charge in [-0.3, -0.25) is 0 Å². The van der Waals surface area contributed by atoms with E-state index in [1.54, 1.807) is 11.3 Å². The Bertz CT molecular complexity index is 1380. The molecule has 0 saturated carbocycles. The summed E-state index contributed by atoms with van der Waals surface area (Å²) in [4.78, 5) is 30.6. The van der Waals surface area contributed by atoms with Crippen LogP contribution in [0.25, 0.3) is 20.8 Å². The molecular weight excluding hydrogens is 510 g/mol. The van der Waals surface area contributed by atoms with E-state index in [9.17, 15) is 0 Å². The molecule has 6 rings (SSSR count). The lowest BCUT2D eigenvalue weighted by molar-refractivity contribution is 0.122. The number of ether oxygens (including phenoxy) is 1. The summed E-state index contributed by atoms with van der Waals surface area (Å²) in [5.41, 5.74) is 2.89. The van der Waals surface area contributed by atoms with Crippen molar-refractivity contribution in [2.24, 2.45) is 0 Å². The maximum absolute atomic E-state index is 5.48. The Morgan fingerprint density at radius 2 is 1.69 bits per heavy atom. The highest BCUT2D eigenvalue weighted by molar-refractivity contribution is 7.21. The zero-order valence-corrected chi connectivity index (χ0v) is 24.0. The summed E-state index contributed by atoms with van der Waals surface area (Å²) < 4.78 is 6.52. The largest absolute Gasteiger partial charge is 0.378 e. The molecular formula is C28H37N9OS. The van der Waals surface area contributed by atoms with Gasteiger partial charge in [0.2, 0.25) is 5.95 Å². The molecule has 0 bridgehead atoms. The lowest BCUT2D eigenvalue weighted by Gasteiger charge is -2.34. The monoisotopic (exact) mass is 547 g/mol. The second-order valence-corrected chi connectivity index (χ2v) is 10.3. The smallest absolute Gasteiger partial charge is 0.227 e. The minimum absolute atomic E-state index is 0.716. The van der Waals surface area contributed by atoms with E-state index >= 15 is 0 Å². The highest BCUT2D eigenvalue weighted by atomic mass is 32.1. The van der Waals surface area contributed by atoms with Gasteiger partial charge in [0.05, 0.1) is 23.4 Å². The van der Waals surface area contributed by atoms with Crippen LogP contribution in [0, 0.1) is 6.92 Å². The molecule has 1 N–H and O–H groups in total. The number of aryl methyl sites for hydroxylation is 1. The van der Waals surface area contributed by atoms with Gasteiger partial charge in [0.1, 0.15) is 22.5 Å². The van der Waals surface area contributed by atoms with Crippen LogP contribution < -0.4 is 15.1 Å². The third-order valence-corrected chi connectivity index (χ3v) is 7.86. The molecule has 0 radical (unpaired) electrons. The van der Waals surface area contributed by atoms with Crippen molar-refractivity contribution >= 4 is 45.0 Å². The van der Waals surface area contributed by atoms with Gasteiger partial charge in [-0.25, -0.2) is 19.9 Å². The summed E-state index contributed by atoms with van der Waals surface area (Å²) >= 11 is 1.64. The molecule has 39 heavy (non-hydrogen) atoms. The van der Waals surface area contributed by atoms with E-state index in [1.165, 1.54) is 0 Å². The Labute approximate surface area is 234 Å². The van der Waals surface area contributed by atoms with Crippen LogP contribution in [0.1, 0.15) is 26.5 Å². The van der Waals surface area contributed by atoms with Crippen molar-refractivity contribution in [2.75, 3.05) is 74.1 Å². The Kier molecular flexibility index (Phi) is 8.80. The normalized spacial score (nSPS) is 16.2. The number of hydrogen-bond donors (Lipinski definition) is 1. The van der Waals surface area contributed by atoms with Crippen LogP contribution in [0.2, 0.25) is 0 Å². The number of rotatable bonds is 6. The van der Waals surface area contributed by atoms with Gasteiger partial charge in [0.25, 0.3) is 0 Å². The van der Waals surface area contributed by atoms with E-state index < -0.39 is 0 Å². The van der Waals surface area contributed by atoms with E-state index in [4.69, 9.17) is 14.7 Å². The summed E-state index contributed by atoms with van der Waals surface area (Å²) in [5, 5.41) is 4.33. The molecule has 2 fully saturated rings. The maximum Gasteiger partial charge on any atom is 0.227 e. The van der Waals surface area contributed by atoms with Crippen LogP contribution in [0.15, 0.2) is 36.7 Å². The Balaban J connectivity index is 0.00000151. The van der Waals surface area contributed by atoms with Gasteiger partial charge in [-0.2, -0.15) is 4.98 Å². The van der Waals surface area contributed by atoms with Gasteiger partial charge in [-0.1, -0.05) is 20.8 Å². The number of hydrogen-bond acceptors (Lipinski definition) is 11. The SMILES string of the molecule is CC.CCN1CCN(c2nc(C)cc(Nc3cc4nc(-c5ccnc(N6CCOCC6)c5)sc4cn3)n2)CC1. The second kappa shape index (κ2) is 12.6. The maximum atomic E-state index is 5.48. The van der Waals surface area contributed by atoms with Crippen LogP contribution in [0.4, 0.5) is 23.4 Å². The molecule has 4 aromatic rings. The topological polar surface area (TPSA) is 95.4 Å². The molecule has 0 aliphatic carbocycles. The first-order chi connectivity index (χ1) is 19.1. The number of fused-ring (bicyclic) bond motifs is 1. The number of nitrogens with zero attached hydrogens (tertiary/aromatic N) is 8. The van der Waals surface area contributed by atoms with E-state index in [0.29, 0.717) is 5.82 Å². The number of nitrogens with one attached hydrogen (secondary N) is 1. The third-order valence-electron chi connectivity index (χ3n) is 6.80. The summed E-state index contributed by atoms with van der Waals surface area (Å²) in [6.45, 7) is 16.4. The minimum Gasteiger partial charge on any atom is -0.378 e. The Hall–Kier alpha value is -3.41. The molecule has 0 unspecified atom stereocenters. The Morgan fingerprint density at radius 3 is 2.46 bits per heavy atom. The molecule has 2 aliphatic rings. The predicted octanol–water partition coefficient (Wildman–Crippen LogP) is 4.60. The fourth-order valence-electron chi connectivity index (χ4n) is 4.70. The number of aromatic nitrogens is 5. The average molecular weight is 548 g/mol. The molecule has 206 valence electrons. The molecule has 10 nitrogen and oxygen atoms in total. The molecule has 0 spiro atoms. The summed E-state index contributed by atoms with van der Waals surface area (Å²) in [6.07, 6.45) is 3.73. The van der Waals surface area contributed by atoms with E-state index in [1.807, 2.05) is 51.4 Å². The highest BCUT2D eigenvalue weighted by Crippen LogP contribution is 2.32. The number of pyridine rings is 2. The van der Waals surface area contributed by atoms with E-state index in [-0.39, 0.29) is 0 Å². The fraction of sp³-hybridized carbons (Fsp3) is 0.464. The van der Waals surface area contributed by atoms with Gasteiger partial charge < -0.3 is 24.8 Å². The van der Waals surface area contributed by atoms with Gasteiger partial charge in [0, 0.05) is 75.1 Å². The van der Waals surface area contributed by atoms with Crippen molar-refractivity contribution in [3.05, 3.63) is 42.4 Å². The molecule has 11 heteroatoms. The van der Waals surface area contributed by atoms with Gasteiger partial charge in [-0.05, 0) is 25.6 Å². The zero-order chi connectivity index (χ0) is 27.2. The number of likely N-dealkylation sites (N-methyl/N-ethyl adjacent to an activating group) is 1. The Morgan fingerprint density at radius 1 is 0.897 bits per heavy atom. The standard InChI is InChI=1S/C26H31N9OS.C2H6/c1-3-33-6-8-35(9-7-33)26-29-18(2)14-23(32-26)31-22-16-20-21(17-28-22)37-25(30-20)19-4-5-27-24(15-19)34-10-12-36-13-11-34;1-2/h4-5,14-17H,3,6-13H2,1-2H3,(H,28,29,31,32);1-2H3. The molecule has 4 aromatic heterocycles. The van der Waals surface area contributed by atoms with Crippen molar-refractivity contribution in [3.8, 4) is 10.6 Å². The molecule has 0 aromatic carbocycles. The number of thiazole rings is 1. The van der Waals surface area contributed by atoms with Crippen molar-refractivity contribution in [1.82, 2.24) is 29.8 Å². The zero-order valence-electron chi connectivity index (χ0n) is 23.2. The highest BCUT2D eigenvalue weighted by Gasteiger charge is 2.19. The quantitative estimate of drug-likeness (QED) is 0.369. The van der Waals surface area contributed by atoms with E-state index in [0.717, 1.165) is 103 Å². The summed E-state index contributed by atoms with van der Waals surface area (Å²) in [7, 11) is 0. The number of morpholine rings is 1. The van der Waals surface area contributed by atoms with E-state index in [2.05, 4.69) is 48.0 Å². The first-order valence-electron chi connectivity index (χ1n) is 13.8. The molecule has 6 heterocycles. The molecule has 2 saturated heterocycles. The number of anilines is 4. The van der Waals surface area contributed by atoms with Gasteiger partial charge in [-0.15, -0.1) is 11.3 Å². The van der Waals surface area contributed by atoms with Gasteiger partial charge in [0.15, 0.2) is 0 Å². The minimum atomic E-state index is 0.716. The summed E-state index contributed by atoms with van der Waals surface area (Å²) in [5.74, 6) is 3.19. The van der Waals surface area contributed by atoms with Crippen molar-refractivity contribution in [3.63, 3.8) is 0 Å². The van der Waals surface area contributed by atoms with Gasteiger partial charge >= 0.3 is 0 Å². The average Bonchev–Trinajstić information content (AvgIpc) is 3.42. The summed E-state index contributed by atoms with van der Waals surface area (Å²) in [6, 6.07) is 8.06. The first-order valence-corrected chi connectivity index (χ1v) is 14.6. The van der Waals surface area contributed by atoms with Crippen LogP contribution >= 0.6 is 11.3 Å². The predicted molar refractivity (Wildman–Crippen MR) is 159 cm³/mol. The van der Waals surface area contributed by atoms with Crippen molar-refractivity contribution < 1.29 is 4.74 Å². The lowest BCUT2D eigenvalue weighted by Crippen LogP contribution is -2.46. The van der Waals surface area contributed by atoms with Crippen LogP contribution in [-0.2, 0) is 4.74 Å². The second-order valence-electron chi connectivity index (χ2n) is 9.30. The van der Waals surface area contributed by atoms with Crippen molar-refractivity contribution in [2.45, 2.75) is 27.7 Å². The van der Waals surface area contributed by atoms with Crippen molar-refractivity contribution in [1.29, 1.82) is 0 Å². The number of piperazine rings is 1. The van der Waals surface area contributed by atoms with Crippen LogP contribution in [0.3, 0.4) is 0 Å². The molecule has 2 aliphatic heterocycles. The fourth-order valence-corrected chi connectivity index (χ4v) is 5.61. The van der Waals surface area contributed by atoms with Crippen LogP contribution in [-0.4, -0.2) is 88.8 Å².